The number of piperazine rings is 1. The van der Waals surface area contributed by atoms with Crippen molar-refractivity contribution in [3.8, 4) is 22.6 Å². The smallest absolute Gasteiger partial charge is 0.289 e. The average molecular weight is 416 g/mol. The van der Waals surface area contributed by atoms with Crippen molar-refractivity contribution < 1.29 is 13.7 Å². The highest BCUT2D eigenvalue weighted by Gasteiger charge is 2.26. The van der Waals surface area contributed by atoms with E-state index in [4.69, 9.17) is 13.9 Å². The molecule has 1 aliphatic heterocycles. The Balaban J connectivity index is 1.41. The predicted octanol–water partition coefficient (Wildman–Crippen LogP) is 3.06. The van der Waals surface area contributed by atoms with E-state index in [-0.39, 0.29) is 5.91 Å². The molecule has 0 aromatic carbocycles. The first-order valence-corrected chi connectivity index (χ1v) is 9.98. The molecule has 9 heteroatoms. The van der Waals surface area contributed by atoms with Crippen molar-refractivity contribution in [3.05, 3.63) is 66.6 Å². The van der Waals surface area contributed by atoms with Crippen LogP contribution in [-0.4, -0.2) is 57.1 Å². The third-order valence-corrected chi connectivity index (χ3v) is 5.20. The van der Waals surface area contributed by atoms with Crippen LogP contribution in [0, 0.1) is 6.92 Å². The SMILES string of the molecule is Cc1cc(-c2cnc(N3CCN(C(=O)c4ccco4)CC3)nc2-c2ccncc2)on1. The number of carbonyl (C=O) groups is 1. The number of nitrogens with zero attached hydrogens (tertiary/aromatic N) is 6. The van der Waals surface area contributed by atoms with Crippen molar-refractivity contribution in [1.29, 1.82) is 0 Å². The summed E-state index contributed by atoms with van der Waals surface area (Å²) in [5, 5.41) is 3.99. The number of aromatic nitrogens is 4. The van der Waals surface area contributed by atoms with Gasteiger partial charge in [-0.2, -0.15) is 0 Å². The highest BCUT2D eigenvalue weighted by Crippen LogP contribution is 2.31. The third-order valence-electron chi connectivity index (χ3n) is 5.20. The fraction of sp³-hybridized carbons (Fsp3) is 0.227. The topological polar surface area (TPSA) is 101 Å². The first-order chi connectivity index (χ1) is 15.2. The Bertz CT molecular complexity index is 1180. The van der Waals surface area contributed by atoms with Crippen molar-refractivity contribution in [2.45, 2.75) is 6.92 Å². The van der Waals surface area contributed by atoms with Crippen molar-refractivity contribution in [1.82, 2.24) is 25.0 Å². The van der Waals surface area contributed by atoms with Gasteiger partial charge in [0.05, 0.1) is 23.2 Å². The lowest BCUT2D eigenvalue weighted by Gasteiger charge is -2.34. The van der Waals surface area contributed by atoms with E-state index in [1.165, 1.54) is 6.26 Å². The molecule has 5 heterocycles. The lowest BCUT2D eigenvalue weighted by Crippen LogP contribution is -2.49. The first kappa shape index (κ1) is 19.0. The van der Waals surface area contributed by atoms with Crippen molar-refractivity contribution in [2.75, 3.05) is 31.1 Å². The van der Waals surface area contributed by atoms with Crippen LogP contribution in [0.1, 0.15) is 16.2 Å². The third kappa shape index (κ3) is 3.77. The van der Waals surface area contributed by atoms with Gasteiger partial charge in [0.15, 0.2) is 11.5 Å². The number of rotatable bonds is 4. The van der Waals surface area contributed by atoms with Gasteiger partial charge in [-0.25, -0.2) is 9.97 Å². The summed E-state index contributed by atoms with van der Waals surface area (Å²) in [6, 6.07) is 9.07. The van der Waals surface area contributed by atoms with Crippen molar-refractivity contribution in [2.24, 2.45) is 0 Å². The Labute approximate surface area is 178 Å². The minimum absolute atomic E-state index is 0.0981. The van der Waals surface area contributed by atoms with Gasteiger partial charge in [-0.1, -0.05) is 5.16 Å². The molecule has 0 atom stereocenters. The van der Waals surface area contributed by atoms with Crippen LogP contribution in [0.2, 0.25) is 0 Å². The Morgan fingerprint density at radius 2 is 1.90 bits per heavy atom. The quantitative estimate of drug-likeness (QED) is 0.500. The molecule has 9 nitrogen and oxygen atoms in total. The lowest BCUT2D eigenvalue weighted by atomic mass is 10.1. The predicted molar refractivity (Wildman–Crippen MR) is 112 cm³/mol. The minimum atomic E-state index is -0.0981. The number of pyridine rings is 1. The van der Waals surface area contributed by atoms with Crippen LogP contribution in [0.4, 0.5) is 5.95 Å². The van der Waals surface area contributed by atoms with E-state index in [1.807, 2.05) is 25.1 Å². The van der Waals surface area contributed by atoms with Gasteiger partial charge in [-0.15, -0.1) is 0 Å². The molecule has 0 unspecified atom stereocenters. The maximum atomic E-state index is 12.5. The summed E-state index contributed by atoms with van der Waals surface area (Å²) in [4.78, 5) is 29.9. The van der Waals surface area contributed by atoms with Gasteiger partial charge in [-0.3, -0.25) is 9.78 Å². The maximum Gasteiger partial charge on any atom is 0.289 e. The molecular formula is C22H20N6O3. The van der Waals surface area contributed by atoms with E-state index in [0.29, 0.717) is 43.6 Å². The van der Waals surface area contributed by atoms with Crippen LogP contribution in [0.3, 0.4) is 0 Å². The number of hydrogen-bond donors (Lipinski definition) is 0. The average Bonchev–Trinajstić information content (AvgIpc) is 3.51. The van der Waals surface area contributed by atoms with E-state index < -0.39 is 0 Å². The molecule has 0 radical (unpaired) electrons. The van der Waals surface area contributed by atoms with E-state index in [0.717, 1.165) is 22.5 Å². The second-order valence-electron chi connectivity index (χ2n) is 7.26. The highest BCUT2D eigenvalue weighted by atomic mass is 16.5. The molecule has 0 aliphatic carbocycles. The monoisotopic (exact) mass is 416 g/mol. The molecule has 1 fully saturated rings. The number of hydrogen-bond acceptors (Lipinski definition) is 8. The Morgan fingerprint density at radius 1 is 1.10 bits per heavy atom. The van der Waals surface area contributed by atoms with E-state index >= 15 is 0 Å². The van der Waals surface area contributed by atoms with Crippen molar-refractivity contribution in [3.63, 3.8) is 0 Å². The first-order valence-electron chi connectivity index (χ1n) is 9.98. The zero-order chi connectivity index (χ0) is 21.2. The van der Waals surface area contributed by atoms with Gasteiger partial charge in [-0.05, 0) is 31.2 Å². The maximum absolute atomic E-state index is 12.5. The second kappa shape index (κ2) is 8.02. The largest absolute Gasteiger partial charge is 0.459 e. The molecule has 0 saturated carbocycles. The summed E-state index contributed by atoms with van der Waals surface area (Å²) >= 11 is 0. The summed E-state index contributed by atoms with van der Waals surface area (Å²) in [5.74, 6) is 1.48. The van der Waals surface area contributed by atoms with Crippen LogP contribution in [0.5, 0.6) is 0 Å². The molecule has 156 valence electrons. The van der Waals surface area contributed by atoms with Gasteiger partial charge >= 0.3 is 0 Å². The number of amides is 1. The normalized spacial score (nSPS) is 14.1. The second-order valence-corrected chi connectivity index (χ2v) is 7.26. The van der Waals surface area contributed by atoms with Gasteiger partial charge in [0.1, 0.15) is 0 Å². The molecule has 0 spiro atoms. The Hall–Kier alpha value is -4.01. The lowest BCUT2D eigenvalue weighted by molar-refractivity contribution is 0.0714. The van der Waals surface area contributed by atoms with Crippen LogP contribution in [-0.2, 0) is 0 Å². The molecule has 0 bridgehead atoms. The van der Waals surface area contributed by atoms with Crippen molar-refractivity contribution >= 4 is 11.9 Å². The van der Waals surface area contributed by atoms with E-state index in [1.54, 1.807) is 35.6 Å². The zero-order valence-corrected chi connectivity index (χ0v) is 16.9. The van der Waals surface area contributed by atoms with Crippen LogP contribution < -0.4 is 4.90 Å². The molecule has 1 amide bonds. The summed E-state index contributed by atoms with van der Waals surface area (Å²) < 4.78 is 10.7. The standard InChI is InChI=1S/C22H20N6O3/c1-15-13-19(31-26-15)17-14-24-22(25-20(17)16-4-6-23-7-5-16)28-10-8-27(9-11-28)21(29)18-3-2-12-30-18/h2-7,12-14H,8-11H2,1H3. The summed E-state index contributed by atoms with van der Waals surface area (Å²) in [5.41, 5.74) is 3.21. The van der Waals surface area contributed by atoms with E-state index in [9.17, 15) is 4.79 Å². The van der Waals surface area contributed by atoms with Gasteiger partial charge in [0.2, 0.25) is 5.95 Å². The number of carbonyl (C=O) groups excluding carboxylic acids is 1. The van der Waals surface area contributed by atoms with Gasteiger partial charge in [0, 0.05) is 56.4 Å². The number of furan rings is 1. The molecular weight excluding hydrogens is 396 g/mol. The fourth-order valence-corrected chi connectivity index (χ4v) is 3.59. The minimum Gasteiger partial charge on any atom is -0.459 e. The van der Waals surface area contributed by atoms with Crippen LogP contribution in [0.25, 0.3) is 22.6 Å². The molecule has 5 rings (SSSR count). The zero-order valence-electron chi connectivity index (χ0n) is 16.9. The van der Waals surface area contributed by atoms with Crippen LogP contribution >= 0.6 is 0 Å². The molecule has 31 heavy (non-hydrogen) atoms. The molecule has 1 saturated heterocycles. The summed E-state index contributed by atoms with van der Waals surface area (Å²) in [7, 11) is 0. The highest BCUT2D eigenvalue weighted by molar-refractivity contribution is 5.91. The summed E-state index contributed by atoms with van der Waals surface area (Å²) in [6.07, 6.45) is 6.73. The Kier molecular flexibility index (Phi) is 4.91. The fourth-order valence-electron chi connectivity index (χ4n) is 3.59. The molecule has 4 aromatic rings. The Morgan fingerprint density at radius 3 is 2.58 bits per heavy atom. The number of anilines is 1. The summed E-state index contributed by atoms with van der Waals surface area (Å²) in [6.45, 7) is 4.26. The molecule has 0 N–H and O–H groups in total. The van der Waals surface area contributed by atoms with Gasteiger partial charge in [0.25, 0.3) is 5.91 Å². The van der Waals surface area contributed by atoms with Crippen LogP contribution in [0.15, 0.2) is 64.1 Å². The molecule has 4 aromatic heterocycles. The number of aryl methyl sites for hydroxylation is 1. The molecule has 1 aliphatic rings. The van der Waals surface area contributed by atoms with Gasteiger partial charge < -0.3 is 18.7 Å². The van der Waals surface area contributed by atoms with E-state index in [2.05, 4.69) is 20.0 Å².